The number of aromatic nitrogens is 2. The Balaban J connectivity index is 1.59. The van der Waals surface area contributed by atoms with Crippen LogP contribution in [0.25, 0.3) is 0 Å². The fraction of sp³-hybridized carbons (Fsp3) is 0.444. The number of urea groups is 1. The topological polar surface area (TPSA) is 61.0 Å². The summed E-state index contributed by atoms with van der Waals surface area (Å²) < 4.78 is 0. The van der Waals surface area contributed by atoms with Gasteiger partial charge in [0.25, 0.3) is 0 Å². The van der Waals surface area contributed by atoms with Crippen LogP contribution in [0.2, 0.25) is 0 Å². The van der Waals surface area contributed by atoms with Gasteiger partial charge in [0.15, 0.2) is 0 Å². The van der Waals surface area contributed by atoms with E-state index in [9.17, 15) is 4.79 Å². The Kier molecular flexibility index (Phi) is 5.45. The van der Waals surface area contributed by atoms with Crippen molar-refractivity contribution < 1.29 is 4.79 Å². The van der Waals surface area contributed by atoms with Gasteiger partial charge < -0.3 is 10.2 Å². The van der Waals surface area contributed by atoms with Crippen LogP contribution in [0.15, 0.2) is 41.4 Å². The molecule has 2 N–H and O–H groups in total. The molecule has 2 heterocycles. The second-order valence-corrected chi connectivity index (χ2v) is 7.12. The Bertz CT molecular complexity index is 656. The van der Waals surface area contributed by atoms with Gasteiger partial charge in [0.2, 0.25) is 0 Å². The first-order valence-electron chi connectivity index (χ1n) is 8.36. The summed E-state index contributed by atoms with van der Waals surface area (Å²) in [6, 6.07) is 10.4. The maximum atomic E-state index is 12.6. The van der Waals surface area contributed by atoms with Crippen LogP contribution in [0.3, 0.4) is 0 Å². The third-order valence-electron chi connectivity index (χ3n) is 4.63. The molecule has 0 saturated carbocycles. The Morgan fingerprint density at radius 3 is 2.83 bits per heavy atom. The molecule has 0 radical (unpaired) electrons. The number of rotatable bonds is 4. The Hall–Kier alpha value is -1.95. The quantitative estimate of drug-likeness (QED) is 0.830. The largest absolute Gasteiger partial charge is 0.331 e. The molecule has 5 nitrogen and oxygen atoms in total. The van der Waals surface area contributed by atoms with E-state index in [2.05, 4.69) is 46.0 Å². The van der Waals surface area contributed by atoms with Gasteiger partial charge in [0, 0.05) is 35.8 Å². The lowest BCUT2D eigenvalue weighted by Crippen LogP contribution is -2.45. The smallest absolute Gasteiger partial charge is 0.317 e. The molecule has 1 saturated heterocycles. The normalized spacial score (nSPS) is 19.1. The second kappa shape index (κ2) is 7.75. The van der Waals surface area contributed by atoms with E-state index in [-0.39, 0.29) is 12.1 Å². The first kappa shape index (κ1) is 16.9. The molecule has 0 spiro atoms. The highest BCUT2D eigenvalue weighted by Gasteiger charge is 2.26. The molecular formula is C18H24N4OS. The van der Waals surface area contributed by atoms with Crippen LogP contribution in [0, 0.1) is 0 Å². The summed E-state index contributed by atoms with van der Waals surface area (Å²) in [5.41, 5.74) is 2.25. The van der Waals surface area contributed by atoms with Gasteiger partial charge in [-0.1, -0.05) is 12.1 Å². The molecule has 2 aromatic rings. The average Bonchev–Trinajstić information content (AvgIpc) is 3.16. The molecule has 1 aliphatic rings. The third-order valence-corrected chi connectivity index (χ3v) is 5.37. The lowest BCUT2D eigenvalue weighted by Gasteiger charge is -2.33. The SMILES string of the molecule is CSc1ccc([C@@H](C)NC(=O)N2CCC[C@H](c3ccn[nH]3)C2)cc1. The number of hydrogen-bond donors (Lipinski definition) is 2. The molecule has 1 fully saturated rings. The van der Waals surface area contributed by atoms with Crippen LogP contribution in [0.4, 0.5) is 4.79 Å². The summed E-state index contributed by atoms with van der Waals surface area (Å²) >= 11 is 1.72. The van der Waals surface area contributed by atoms with Gasteiger partial charge in [-0.3, -0.25) is 5.10 Å². The fourth-order valence-electron chi connectivity index (χ4n) is 3.16. The van der Waals surface area contributed by atoms with Crippen molar-refractivity contribution in [3.8, 4) is 0 Å². The summed E-state index contributed by atoms with van der Waals surface area (Å²) in [6.07, 6.45) is 5.95. The standard InChI is InChI=1S/C18H24N4OS/c1-13(14-5-7-16(24-2)8-6-14)20-18(23)22-11-3-4-15(12-22)17-9-10-19-21-17/h5-10,13,15H,3-4,11-12H2,1-2H3,(H,19,21)(H,20,23)/t13-,15+/m1/s1. The molecule has 3 rings (SSSR count). The number of thioether (sulfide) groups is 1. The van der Waals surface area contributed by atoms with Crippen LogP contribution in [-0.4, -0.2) is 40.5 Å². The van der Waals surface area contributed by atoms with Gasteiger partial charge in [-0.05, 0) is 49.8 Å². The number of hydrogen-bond acceptors (Lipinski definition) is 3. The second-order valence-electron chi connectivity index (χ2n) is 6.24. The van der Waals surface area contributed by atoms with Crippen molar-refractivity contribution >= 4 is 17.8 Å². The summed E-state index contributed by atoms with van der Waals surface area (Å²) in [7, 11) is 0. The molecule has 1 aromatic heterocycles. The summed E-state index contributed by atoms with van der Waals surface area (Å²) in [5.74, 6) is 0.350. The minimum absolute atomic E-state index is 0.000868. The van der Waals surface area contributed by atoms with E-state index >= 15 is 0 Å². The first-order valence-corrected chi connectivity index (χ1v) is 9.58. The molecule has 24 heavy (non-hydrogen) atoms. The van der Waals surface area contributed by atoms with Gasteiger partial charge in [-0.25, -0.2) is 4.79 Å². The minimum Gasteiger partial charge on any atom is -0.331 e. The maximum absolute atomic E-state index is 12.6. The number of nitrogens with one attached hydrogen (secondary N) is 2. The molecule has 128 valence electrons. The van der Waals surface area contributed by atoms with E-state index in [4.69, 9.17) is 0 Å². The van der Waals surface area contributed by atoms with Crippen molar-refractivity contribution in [1.29, 1.82) is 0 Å². The van der Waals surface area contributed by atoms with Gasteiger partial charge in [-0.15, -0.1) is 11.8 Å². The highest BCUT2D eigenvalue weighted by Crippen LogP contribution is 2.25. The number of piperidine rings is 1. The van der Waals surface area contributed by atoms with E-state index in [0.29, 0.717) is 5.92 Å². The molecule has 6 heteroatoms. The zero-order valence-electron chi connectivity index (χ0n) is 14.2. The van der Waals surface area contributed by atoms with Crippen LogP contribution in [-0.2, 0) is 0 Å². The number of carbonyl (C=O) groups excluding carboxylic acids is 1. The predicted octanol–water partition coefficient (Wildman–Crippen LogP) is 3.78. The lowest BCUT2D eigenvalue weighted by molar-refractivity contribution is 0.176. The summed E-state index contributed by atoms with van der Waals surface area (Å²) in [4.78, 5) is 15.8. The Labute approximate surface area is 147 Å². The number of H-pyrrole nitrogens is 1. The summed E-state index contributed by atoms with van der Waals surface area (Å²) in [5, 5.41) is 10.2. The Morgan fingerprint density at radius 1 is 1.38 bits per heavy atom. The molecule has 0 unspecified atom stereocenters. The monoisotopic (exact) mass is 344 g/mol. The lowest BCUT2D eigenvalue weighted by atomic mass is 9.95. The minimum atomic E-state index is 0.000868. The molecule has 2 amide bonds. The van der Waals surface area contributed by atoms with E-state index in [0.717, 1.165) is 37.2 Å². The van der Waals surface area contributed by atoms with Crippen LogP contribution in [0.1, 0.15) is 43.0 Å². The van der Waals surface area contributed by atoms with E-state index in [1.165, 1.54) is 4.90 Å². The molecular weight excluding hydrogens is 320 g/mol. The average molecular weight is 344 g/mol. The van der Waals surface area contributed by atoms with Gasteiger partial charge in [0.05, 0.1) is 6.04 Å². The van der Waals surface area contributed by atoms with E-state index in [1.807, 2.05) is 17.9 Å². The highest BCUT2D eigenvalue weighted by atomic mass is 32.2. The van der Waals surface area contributed by atoms with Gasteiger partial charge >= 0.3 is 6.03 Å². The van der Waals surface area contributed by atoms with Gasteiger partial charge in [0.1, 0.15) is 0 Å². The maximum Gasteiger partial charge on any atom is 0.317 e. The third kappa shape index (κ3) is 3.93. The van der Waals surface area contributed by atoms with Crippen molar-refractivity contribution in [2.75, 3.05) is 19.3 Å². The molecule has 2 atom stereocenters. The van der Waals surface area contributed by atoms with Crippen molar-refractivity contribution in [2.45, 2.75) is 36.6 Å². The van der Waals surface area contributed by atoms with Crippen molar-refractivity contribution in [3.63, 3.8) is 0 Å². The van der Waals surface area contributed by atoms with E-state index in [1.54, 1.807) is 18.0 Å². The number of carbonyl (C=O) groups is 1. The number of nitrogens with zero attached hydrogens (tertiary/aromatic N) is 2. The Morgan fingerprint density at radius 2 is 2.17 bits per heavy atom. The zero-order chi connectivity index (χ0) is 16.9. The molecule has 1 aliphatic heterocycles. The van der Waals surface area contributed by atoms with Gasteiger partial charge in [-0.2, -0.15) is 5.10 Å². The fourth-order valence-corrected chi connectivity index (χ4v) is 3.57. The number of amides is 2. The molecule has 0 bridgehead atoms. The molecule has 1 aromatic carbocycles. The van der Waals surface area contributed by atoms with Crippen LogP contribution >= 0.6 is 11.8 Å². The number of likely N-dealkylation sites (tertiary alicyclic amines) is 1. The van der Waals surface area contributed by atoms with Crippen LogP contribution in [0.5, 0.6) is 0 Å². The van der Waals surface area contributed by atoms with Crippen molar-refractivity contribution in [2.24, 2.45) is 0 Å². The highest BCUT2D eigenvalue weighted by molar-refractivity contribution is 7.98. The van der Waals surface area contributed by atoms with Crippen LogP contribution < -0.4 is 5.32 Å². The number of aromatic amines is 1. The summed E-state index contributed by atoms with van der Waals surface area (Å²) in [6.45, 7) is 3.59. The number of benzene rings is 1. The molecule has 0 aliphatic carbocycles. The zero-order valence-corrected chi connectivity index (χ0v) is 15.0. The van der Waals surface area contributed by atoms with Crippen molar-refractivity contribution in [1.82, 2.24) is 20.4 Å². The van der Waals surface area contributed by atoms with E-state index < -0.39 is 0 Å². The van der Waals surface area contributed by atoms with Crippen molar-refractivity contribution in [3.05, 3.63) is 47.8 Å². The predicted molar refractivity (Wildman–Crippen MR) is 97.3 cm³/mol. The first-order chi connectivity index (χ1) is 11.7.